The smallest absolute Gasteiger partial charge is 0.137 e. The van der Waals surface area contributed by atoms with Gasteiger partial charge in [-0.2, -0.15) is 0 Å². The van der Waals surface area contributed by atoms with E-state index in [9.17, 15) is 4.39 Å². The second-order valence-electron chi connectivity index (χ2n) is 4.46. The van der Waals surface area contributed by atoms with Gasteiger partial charge < -0.3 is 14.9 Å². The second-order valence-corrected chi connectivity index (χ2v) is 4.90. The maximum atomic E-state index is 13.7. The van der Waals surface area contributed by atoms with E-state index in [1.165, 1.54) is 6.07 Å². The standard InChI is InChI=1S/C15H12FN3OS/c16-11-4-3-5-12(14(11)15(17)21)20-9-10-8-19-7-2-1-6-13(19)18-10/h1-8H,9H2,(H2,17,21). The van der Waals surface area contributed by atoms with E-state index in [2.05, 4.69) is 4.98 Å². The Labute approximate surface area is 126 Å². The van der Waals surface area contributed by atoms with Gasteiger partial charge in [0.2, 0.25) is 0 Å². The van der Waals surface area contributed by atoms with Crippen LogP contribution in [0, 0.1) is 5.82 Å². The number of ether oxygens (including phenoxy) is 1. The van der Waals surface area contributed by atoms with E-state index in [0.717, 1.165) is 11.3 Å². The lowest BCUT2D eigenvalue weighted by molar-refractivity contribution is 0.300. The Morgan fingerprint density at radius 2 is 2.14 bits per heavy atom. The molecule has 21 heavy (non-hydrogen) atoms. The van der Waals surface area contributed by atoms with Gasteiger partial charge in [0.05, 0.1) is 11.3 Å². The summed E-state index contributed by atoms with van der Waals surface area (Å²) < 4.78 is 21.2. The van der Waals surface area contributed by atoms with Gasteiger partial charge in [0, 0.05) is 12.4 Å². The van der Waals surface area contributed by atoms with Gasteiger partial charge in [-0.1, -0.05) is 24.4 Å². The van der Waals surface area contributed by atoms with Crippen LogP contribution in [-0.4, -0.2) is 14.4 Å². The van der Waals surface area contributed by atoms with Crippen molar-refractivity contribution in [1.29, 1.82) is 0 Å². The van der Waals surface area contributed by atoms with Crippen LogP contribution in [0.4, 0.5) is 4.39 Å². The Morgan fingerprint density at radius 1 is 1.29 bits per heavy atom. The molecule has 2 aromatic heterocycles. The molecule has 1 aromatic carbocycles. The van der Waals surface area contributed by atoms with E-state index in [1.807, 2.05) is 35.0 Å². The van der Waals surface area contributed by atoms with Gasteiger partial charge in [-0.25, -0.2) is 9.37 Å². The molecule has 4 nitrogen and oxygen atoms in total. The van der Waals surface area contributed by atoms with Gasteiger partial charge in [0.1, 0.15) is 28.8 Å². The molecule has 3 aromatic rings. The predicted octanol–water partition coefficient (Wildman–Crippen LogP) is 2.69. The maximum Gasteiger partial charge on any atom is 0.137 e. The van der Waals surface area contributed by atoms with Crippen LogP contribution in [0.5, 0.6) is 5.75 Å². The molecule has 0 radical (unpaired) electrons. The summed E-state index contributed by atoms with van der Waals surface area (Å²) in [4.78, 5) is 4.38. The van der Waals surface area contributed by atoms with Crippen molar-refractivity contribution >= 4 is 22.9 Å². The van der Waals surface area contributed by atoms with Gasteiger partial charge in [-0.3, -0.25) is 0 Å². The fourth-order valence-electron chi connectivity index (χ4n) is 2.07. The summed E-state index contributed by atoms with van der Waals surface area (Å²) in [6, 6.07) is 10.2. The molecular weight excluding hydrogens is 289 g/mol. The molecule has 0 bridgehead atoms. The van der Waals surface area contributed by atoms with E-state index in [-0.39, 0.29) is 17.2 Å². The molecule has 3 rings (SSSR count). The number of hydrogen-bond donors (Lipinski definition) is 1. The number of thiocarbonyl (C=S) groups is 1. The molecular formula is C15H12FN3OS. The largest absolute Gasteiger partial charge is 0.486 e. The Bertz CT molecular complexity index is 783. The van der Waals surface area contributed by atoms with Crippen LogP contribution in [0.25, 0.3) is 5.65 Å². The van der Waals surface area contributed by atoms with Crippen LogP contribution < -0.4 is 10.5 Å². The first-order chi connectivity index (χ1) is 10.1. The molecule has 6 heteroatoms. The zero-order chi connectivity index (χ0) is 14.8. The highest BCUT2D eigenvalue weighted by molar-refractivity contribution is 7.80. The molecule has 0 unspecified atom stereocenters. The summed E-state index contributed by atoms with van der Waals surface area (Å²) in [7, 11) is 0. The van der Waals surface area contributed by atoms with E-state index in [4.69, 9.17) is 22.7 Å². The minimum absolute atomic E-state index is 0.0295. The third-order valence-corrected chi connectivity index (χ3v) is 3.22. The third-order valence-electron chi connectivity index (χ3n) is 3.01. The van der Waals surface area contributed by atoms with Crippen LogP contribution >= 0.6 is 12.2 Å². The summed E-state index contributed by atoms with van der Waals surface area (Å²) >= 11 is 4.86. The van der Waals surface area contributed by atoms with Gasteiger partial charge >= 0.3 is 0 Å². The minimum atomic E-state index is -0.491. The van der Waals surface area contributed by atoms with Gasteiger partial charge in [0.25, 0.3) is 0 Å². The normalized spacial score (nSPS) is 10.7. The molecule has 0 saturated carbocycles. The van der Waals surface area contributed by atoms with Gasteiger partial charge in [-0.05, 0) is 24.3 Å². The van der Waals surface area contributed by atoms with Gasteiger partial charge in [-0.15, -0.1) is 0 Å². The SMILES string of the molecule is NC(=S)c1c(F)cccc1OCc1cn2ccccc2n1. The molecule has 2 N–H and O–H groups in total. The lowest BCUT2D eigenvalue weighted by atomic mass is 10.2. The van der Waals surface area contributed by atoms with Crippen molar-refractivity contribution in [2.45, 2.75) is 6.61 Å². The molecule has 106 valence electrons. The van der Waals surface area contributed by atoms with E-state index in [1.54, 1.807) is 12.1 Å². The number of nitrogens with two attached hydrogens (primary N) is 1. The van der Waals surface area contributed by atoms with E-state index in [0.29, 0.717) is 5.75 Å². The lowest BCUT2D eigenvalue weighted by Crippen LogP contribution is -2.14. The average Bonchev–Trinajstić information content (AvgIpc) is 2.87. The van der Waals surface area contributed by atoms with Crippen LogP contribution in [0.2, 0.25) is 0 Å². The zero-order valence-corrected chi connectivity index (χ0v) is 11.8. The van der Waals surface area contributed by atoms with Crippen molar-refractivity contribution in [1.82, 2.24) is 9.38 Å². The first kappa shape index (κ1) is 13.5. The van der Waals surface area contributed by atoms with E-state index < -0.39 is 5.82 Å². The molecule has 0 aliphatic carbocycles. The lowest BCUT2D eigenvalue weighted by Gasteiger charge is -2.10. The number of rotatable bonds is 4. The number of pyridine rings is 1. The summed E-state index contributed by atoms with van der Waals surface area (Å²) in [5.74, 6) is -0.172. The Balaban J connectivity index is 1.85. The summed E-state index contributed by atoms with van der Waals surface area (Å²) in [5, 5.41) is 0. The molecule has 0 spiro atoms. The Hall–Kier alpha value is -2.47. The van der Waals surface area contributed by atoms with Crippen LogP contribution in [0.3, 0.4) is 0 Å². The fraction of sp³-hybridized carbons (Fsp3) is 0.0667. The maximum absolute atomic E-state index is 13.7. The second kappa shape index (κ2) is 5.49. The first-order valence-electron chi connectivity index (χ1n) is 6.29. The highest BCUT2D eigenvalue weighted by Gasteiger charge is 2.13. The fourth-order valence-corrected chi connectivity index (χ4v) is 2.27. The van der Waals surface area contributed by atoms with Gasteiger partial charge in [0.15, 0.2) is 0 Å². The summed E-state index contributed by atoms with van der Waals surface area (Å²) in [6.07, 6.45) is 3.75. The number of hydrogen-bond acceptors (Lipinski definition) is 3. The molecule has 0 aliphatic heterocycles. The van der Waals surface area contributed by atoms with Crippen LogP contribution in [-0.2, 0) is 6.61 Å². The van der Waals surface area contributed by atoms with Crippen molar-refractivity contribution in [2.75, 3.05) is 0 Å². The topological polar surface area (TPSA) is 52.5 Å². The van der Waals surface area contributed by atoms with Crippen molar-refractivity contribution < 1.29 is 9.13 Å². The third kappa shape index (κ3) is 2.71. The number of aromatic nitrogens is 2. The average molecular weight is 301 g/mol. The molecule has 0 amide bonds. The minimum Gasteiger partial charge on any atom is -0.486 e. The summed E-state index contributed by atoms with van der Waals surface area (Å²) in [6.45, 7) is 0.209. The highest BCUT2D eigenvalue weighted by Crippen LogP contribution is 2.22. The number of nitrogens with zero attached hydrogens (tertiary/aromatic N) is 2. The number of fused-ring (bicyclic) bond motifs is 1. The predicted molar refractivity (Wildman–Crippen MR) is 81.8 cm³/mol. The highest BCUT2D eigenvalue weighted by atomic mass is 32.1. The van der Waals surface area contributed by atoms with Crippen molar-refractivity contribution in [2.24, 2.45) is 5.73 Å². The van der Waals surface area contributed by atoms with Crippen LogP contribution in [0.1, 0.15) is 11.3 Å². The Kier molecular flexibility index (Phi) is 3.53. The number of imidazole rings is 1. The van der Waals surface area contributed by atoms with Crippen molar-refractivity contribution in [3.8, 4) is 5.75 Å². The zero-order valence-electron chi connectivity index (χ0n) is 11.0. The number of halogens is 1. The van der Waals surface area contributed by atoms with Crippen molar-refractivity contribution in [3.63, 3.8) is 0 Å². The molecule has 0 saturated heterocycles. The van der Waals surface area contributed by atoms with Crippen LogP contribution in [0.15, 0.2) is 48.8 Å². The summed E-state index contributed by atoms with van der Waals surface area (Å²) in [5.41, 5.74) is 7.22. The Morgan fingerprint density at radius 3 is 2.90 bits per heavy atom. The monoisotopic (exact) mass is 301 g/mol. The number of benzene rings is 1. The molecule has 2 heterocycles. The molecule has 0 aliphatic rings. The van der Waals surface area contributed by atoms with Crippen molar-refractivity contribution in [3.05, 3.63) is 65.9 Å². The molecule has 0 atom stereocenters. The quantitative estimate of drug-likeness (QED) is 0.753. The molecule has 0 fully saturated rings. The first-order valence-corrected chi connectivity index (χ1v) is 6.69. The van der Waals surface area contributed by atoms with E-state index >= 15 is 0 Å².